The van der Waals surface area contributed by atoms with Gasteiger partial charge in [0.1, 0.15) is 17.9 Å². The van der Waals surface area contributed by atoms with E-state index in [-0.39, 0.29) is 29.3 Å². The summed E-state index contributed by atoms with van der Waals surface area (Å²) in [7, 11) is 3.53. The second-order valence-electron chi connectivity index (χ2n) is 14.1. The van der Waals surface area contributed by atoms with E-state index in [1.807, 2.05) is 20.8 Å². The SMILES string of the molecule is CC[C@H]1OC(=O)C(C)[C@@H](C[C@H](C)C[C@](C)(CC(C)C)OC)[C@H](C)C[C@](C)(O)C[C@@H](C)CN(C)C(O)[C@]1(C)O. The molecule has 0 spiro atoms. The van der Waals surface area contributed by atoms with E-state index in [9.17, 15) is 20.1 Å². The van der Waals surface area contributed by atoms with E-state index < -0.39 is 29.5 Å². The van der Waals surface area contributed by atoms with E-state index >= 15 is 0 Å². The highest BCUT2D eigenvalue weighted by Gasteiger charge is 2.45. The number of methoxy groups -OCH3 is 1. The van der Waals surface area contributed by atoms with Crippen LogP contribution in [0.1, 0.15) is 108 Å². The molecule has 7 heteroatoms. The molecule has 1 saturated heterocycles. The fourth-order valence-electron chi connectivity index (χ4n) is 7.31. The van der Waals surface area contributed by atoms with Crippen LogP contribution < -0.4 is 0 Å². The van der Waals surface area contributed by atoms with E-state index in [1.165, 1.54) is 6.92 Å². The fourth-order valence-corrected chi connectivity index (χ4v) is 7.31. The summed E-state index contributed by atoms with van der Waals surface area (Å²) in [6.45, 7) is 20.7. The van der Waals surface area contributed by atoms with Crippen LogP contribution in [-0.2, 0) is 14.3 Å². The molecule has 7 nitrogen and oxygen atoms in total. The van der Waals surface area contributed by atoms with Gasteiger partial charge in [-0.15, -0.1) is 0 Å². The molecule has 2 unspecified atom stereocenters. The van der Waals surface area contributed by atoms with Crippen LogP contribution in [0.15, 0.2) is 0 Å². The molecule has 38 heavy (non-hydrogen) atoms. The quantitative estimate of drug-likeness (QED) is 0.360. The molecule has 1 aliphatic heterocycles. The molecule has 0 saturated carbocycles. The summed E-state index contributed by atoms with van der Waals surface area (Å²) in [6.07, 6.45) is 2.11. The van der Waals surface area contributed by atoms with Crippen molar-refractivity contribution in [2.45, 2.75) is 137 Å². The lowest BCUT2D eigenvalue weighted by Crippen LogP contribution is -2.58. The van der Waals surface area contributed by atoms with Gasteiger partial charge in [-0.05, 0) is 95.9 Å². The summed E-state index contributed by atoms with van der Waals surface area (Å²) in [5.41, 5.74) is -2.80. The molecule has 0 bridgehead atoms. The molecular weight excluding hydrogens is 482 g/mol. The number of hydrogen-bond donors (Lipinski definition) is 3. The van der Waals surface area contributed by atoms with Crippen molar-refractivity contribution in [2.24, 2.45) is 35.5 Å². The Morgan fingerprint density at radius 2 is 1.71 bits per heavy atom. The minimum Gasteiger partial charge on any atom is -0.459 e. The summed E-state index contributed by atoms with van der Waals surface area (Å²) < 4.78 is 11.9. The van der Waals surface area contributed by atoms with Crippen LogP contribution in [0, 0.1) is 35.5 Å². The Kier molecular flexibility index (Phi) is 13.2. The zero-order valence-electron chi connectivity index (χ0n) is 26.6. The summed E-state index contributed by atoms with van der Waals surface area (Å²) in [4.78, 5) is 15.2. The van der Waals surface area contributed by atoms with Gasteiger partial charge in [0, 0.05) is 13.7 Å². The number of nitrogens with zero attached hydrogens (tertiary/aromatic N) is 1. The minimum atomic E-state index is -1.64. The van der Waals surface area contributed by atoms with Crippen LogP contribution in [0.2, 0.25) is 0 Å². The van der Waals surface area contributed by atoms with Gasteiger partial charge in [0.15, 0.2) is 0 Å². The maximum atomic E-state index is 13.6. The highest BCUT2D eigenvalue weighted by Crippen LogP contribution is 2.39. The van der Waals surface area contributed by atoms with Crippen LogP contribution in [0.5, 0.6) is 0 Å². The van der Waals surface area contributed by atoms with Crippen LogP contribution in [0.25, 0.3) is 0 Å². The van der Waals surface area contributed by atoms with Crippen molar-refractivity contribution in [3.8, 4) is 0 Å². The first-order valence-corrected chi connectivity index (χ1v) is 14.9. The second-order valence-corrected chi connectivity index (χ2v) is 14.1. The average Bonchev–Trinajstić information content (AvgIpc) is 2.77. The molecule has 1 heterocycles. The largest absolute Gasteiger partial charge is 0.459 e. The van der Waals surface area contributed by atoms with Gasteiger partial charge >= 0.3 is 5.97 Å². The first-order valence-electron chi connectivity index (χ1n) is 14.9. The van der Waals surface area contributed by atoms with Gasteiger partial charge in [-0.3, -0.25) is 9.69 Å². The van der Waals surface area contributed by atoms with Crippen LogP contribution in [0.4, 0.5) is 0 Å². The Hall–Kier alpha value is -0.730. The summed E-state index contributed by atoms with van der Waals surface area (Å²) >= 11 is 0. The lowest BCUT2D eigenvalue weighted by molar-refractivity contribution is -0.207. The van der Waals surface area contributed by atoms with Crippen molar-refractivity contribution >= 4 is 5.97 Å². The third kappa shape index (κ3) is 10.0. The fraction of sp³-hybridized carbons (Fsp3) is 0.968. The number of carbonyl (C=O) groups excluding carboxylic acids is 1. The molecule has 0 aromatic rings. The molecule has 0 aromatic heterocycles. The van der Waals surface area contributed by atoms with E-state index in [0.717, 1.165) is 19.3 Å². The molecule has 1 aliphatic rings. The van der Waals surface area contributed by atoms with E-state index in [4.69, 9.17) is 9.47 Å². The lowest BCUT2D eigenvalue weighted by atomic mass is 9.71. The molecule has 0 aromatic carbocycles. The van der Waals surface area contributed by atoms with E-state index in [0.29, 0.717) is 37.6 Å². The predicted molar refractivity (Wildman–Crippen MR) is 154 cm³/mol. The number of esters is 1. The molecule has 1 rings (SSSR count). The Bertz CT molecular complexity index is 725. The highest BCUT2D eigenvalue weighted by molar-refractivity contribution is 5.72. The number of hydrogen-bond acceptors (Lipinski definition) is 7. The van der Waals surface area contributed by atoms with Gasteiger partial charge in [0.05, 0.1) is 17.1 Å². The van der Waals surface area contributed by atoms with Crippen molar-refractivity contribution in [3.05, 3.63) is 0 Å². The monoisotopic (exact) mass is 543 g/mol. The summed E-state index contributed by atoms with van der Waals surface area (Å²) in [6, 6.07) is 0. The van der Waals surface area contributed by atoms with E-state index in [2.05, 4.69) is 41.5 Å². The van der Waals surface area contributed by atoms with Gasteiger partial charge in [-0.1, -0.05) is 48.5 Å². The molecule has 1 fully saturated rings. The lowest BCUT2D eigenvalue weighted by Gasteiger charge is -2.43. The zero-order valence-corrected chi connectivity index (χ0v) is 26.6. The summed E-state index contributed by atoms with van der Waals surface area (Å²) in [5, 5.41) is 33.8. The Morgan fingerprint density at radius 1 is 1.13 bits per heavy atom. The van der Waals surface area contributed by atoms with Gasteiger partial charge in [-0.25, -0.2) is 0 Å². The van der Waals surface area contributed by atoms with Crippen molar-refractivity contribution < 1.29 is 29.6 Å². The van der Waals surface area contributed by atoms with Gasteiger partial charge in [0.2, 0.25) is 0 Å². The standard InChI is InChI=1S/C31H61NO6/c1-13-26-31(10,36)28(34)32(11)19-22(5)16-29(8,35)18-23(6)25(24(7)27(33)38-26)14-21(4)17-30(9,37-12)15-20(2)3/h20-26,28,34-36H,13-19H2,1-12H3/t21-,22+,23+,24?,25-,26+,28?,29+,30-,31+/m0/s1. The van der Waals surface area contributed by atoms with Crippen molar-refractivity contribution in [3.63, 3.8) is 0 Å². The Balaban J connectivity index is 3.36. The molecule has 226 valence electrons. The summed E-state index contributed by atoms with van der Waals surface area (Å²) in [5.74, 6) is 0.168. The maximum Gasteiger partial charge on any atom is 0.309 e. The molecule has 0 amide bonds. The third-order valence-corrected chi connectivity index (χ3v) is 8.90. The van der Waals surface area contributed by atoms with Gasteiger partial charge < -0.3 is 24.8 Å². The van der Waals surface area contributed by atoms with E-state index in [1.54, 1.807) is 19.1 Å². The number of aliphatic hydroxyl groups is 3. The minimum absolute atomic E-state index is 0.0163. The topological polar surface area (TPSA) is 99.5 Å². The third-order valence-electron chi connectivity index (χ3n) is 8.90. The molecular formula is C31H61NO6. The number of ether oxygens (including phenoxy) is 2. The number of aliphatic hydroxyl groups excluding tert-OH is 1. The Labute approximate surface area is 233 Å². The number of likely N-dealkylation sites (N-methyl/N-ethyl adjacent to an activating group) is 1. The Morgan fingerprint density at radius 3 is 2.21 bits per heavy atom. The predicted octanol–water partition coefficient (Wildman–Crippen LogP) is 5.25. The molecule has 10 atom stereocenters. The molecule has 0 aliphatic carbocycles. The maximum absolute atomic E-state index is 13.6. The van der Waals surface area contributed by atoms with Crippen LogP contribution in [0.3, 0.4) is 0 Å². The van der Waals surface area contributed by atoms with Crippen molar-refractivity contribution in [1.82, 2.24) is 4.90 Å². The van der Waals surface area contributed by atoms with Crippen LogP contribution >= 0.6 is 0 Å². The molecule has 3 N–H and O–H groups in total. The second kappa shape index (κ2) is 14.2. The number of rotatable bonds is 8. The first-order chi connectivity index (χ1) is 17.3. The van der Waals surface area contributed by atoms with Crippen molar-refractivity contribution in [2.75, 3.05) is 20.7 Å². The number of cyclic esters (lactones) is 1. The highest BCUT2D eigenvalue weighted by atomic mass is 16.6. The number of carbonyl (C=O) groups is 1. The first kappa shape index (κ1) is 35.3. The van der Waals surface area contributed by atoms with Crippen molar-refractivity contribution in [1.29, 1.82) is 0 Å². The van der Waals surface area contributed by atoms with Crippen LogP contribution in [-0.4, -0.2) is 76.0 Å². The van der Waals surface area contributed by atoms with Gasteiger partial charge in [0.25, 0.3) is 0 Å². The normalized spacial score (nSPS) is 39.3. The smallest absolute Gasteiger partial charge is 0.309 e. The average molecular weight is 544 g/mol. The zero-order chi connectivity index (χ0) is 29.6. The van der Waals surface area contributed by atoms with Gasteiger partial charge in [-0.2, -0.15) is 0 Å². The molecule has 0 radical (unpaired) electrons.